The lowest BCUT2D eigenvalue weighted by Gasteiger charge is -2.17. The molecule has 2 aromatic rings. The molecule has 0 aliphatic carbocycles. The quantitative estimate of drug-likeness (QED) is 0.838. The number of para-hydroxylation sites is 1. The van der Waals surface area contributed by atoms with Gasteiger partial charge in [0, 0.05) is 25.4 Å². The molecule has 0 bridgehead atoms. The van der Waals surface area contributed by atoms with E-state index in [9.17, 15) is 4.79 Å². The van der Waals surface area contributed by atoms with E-state index >= 15 is 0 Å². The van der Waals surface area contributed by atoms with E-state index in [1.165, 1.54) is 0 Å². The predicted octanol–water partition coefficient (Wildman–Crippen LogP) is 1.54. The molecule has 2 heterocycles. The van der Waals surface area contributed by atoms with Crippen LogP contribution in [0.1, 0.15) is 6.42 Å². The molecule has 1 saturated heterocycles. The van der Waals surface area contributed by atoms with Crippen LogP contribution in [0.4, 0.5) is 0 Å². The van der Waals surface area contributed by atoms with Crippen molar-refractivity contribution in [3.63, 3.8) is 0 Å². The van der Waals surface area contributed by atoms with Crippen molar-refractivity contribution in [3.8, 4) is 11.8 Å². The summed E-state index contributed by atoms with van der Waals surface area (Å²) in [6.07, 6.45) is 3.97. The average Bonchev–Trinajstić information content (AvgIpc) is 3.03. The van der Waals surface area contributed by atoms with Gasteiger partial charge in [-0.3, -0.25) is 4.79 Å². The summed E-state index contributed by atoms with van der Waals surface area (Å²) in [5.74, 6) is 0.657. The molecule has 0 unspecified atom stereocenters. The van der Waals surface area contributed by atoms with E-state index in [-0.39, 0.29) is 18.6 Å². The number of hydrogen-bond acceptors (Lipinski definition) is 5. The van der Waals surface area contributed by atoms with Crippen LogP contribution in [0.2, 0.25) is 0 Å². The molecule has 1 aromatic heterocycles. The predicted molar refractivity (Wildman–Crippen MR) is 79.6 cm³/mol. The molecule has 22 heavy (non-hydrogen) atoms. The Balaban J connectivity index is 1.46. The molecule has 1 aliphatic heterocycles. The van der Waals surface area contributed by atoms with E-state index in [0.717, 1.165) is 6.42 Å². The zero-order valence-corrected chi connectivity index (χ0v) is 12.1. The number of rotatable bonds is 5. The Morgan fingerprint density at radius 3 is 2.73 bits per heavy atom. The highest BCUT2D eigenvalue weighted by molar-refractivity contribution is 5.78. The van der Waals surface area contributed by atoms with Crippen molar-refractivity contribution >= 4 is 5.91 Å². The van der Waals surface area contributed by atoms with Gasteiger partial charge < -0.3 is 14.4 Å². The maximum Gasteiger partial charge on any atom is 0.316 e. The van der Waals surface area contributed by atoms with Gasteiger partial charge in [0.15, 0.2) is 6.61 Å². The van der Waals surface area contributed by atoms with Crippen LogP contribution < -0.4 is 9.47 Å². The Hall–Kier alpha value is -2.63. The lowest BCUT2D eigenvalue weighted by molar-refractivity contribution is -0.132. The molecule has 0 N–H and O–H groups in total. The van der Waals surface area contributed by atoms with Gasteiger partial charge in [0.2, 0.25) is 0 Å². The normalized spacial score (nSPS) is 17.3. The van der Waals surface area contributed by atoms with E-state index in [4.69, 9.17) is 9.47 Å². The Morgan fingerprint density at radius 2 is 1.95 bits per heavy atom. The van der Waals surface area contributed by atoms with Gasteiger partial charge in [-0.1, -0.05) is 18.2 Å². The van der Waals surface area contributed by atoms with Gasteiger partial charge in [0.1, 0.15) is 11.9 Å². The fourth-order valence-electron chi connectivity index (χ4n) is 2.30. The first kappa shape index (κ1) is 14.3. The van der Waals surface area contributed by atoms with Crippen LogP contribution in [-0.4, -0.2) is 46.6 Å². The number of nitrogens with zero attached hydrogens (tertiary/aromatic N) is 3. The van der Waals surface area contributed by atoms with Crippen LogP contribution >= 0.6 is 0 Å². The Kier molecular flexibility index (Phi) is 4.48. The topological polar surface area (TPSA) is 64.5 Å². The van der Waals surface area contributed by atoms with Gasteiger partial charge in [-0.15, -0.1) is 0 Å². The molecule has 114 valence electrons. The fourth-order valence-corrected chi connectivity index (χ4v) is 2.30. The second kappa shape index (κ2) is 6.89. The molecular weight excluding hydrogens is 282 g/mol. The van der Waals surface area contributed by atoms with E-state index < -0.39 is 0 Å². The van der Waals surface area contributed by atoms with Crippen LogP contribution in [0, 0.1) is 0 Å². The monoisotopic (exact) mass is 299 g/mol. The molecule has 1 aromatic carbocycles. The van der Waals surface area contributed by atoms with Crippen molar-refractivity contribution in [2.75, 3.05) is 19.7 Å². The highest BCUT2D eigenvalue weighted by Crippen LogP contribution is 2.15. The molecule has 1 aliphatic rings. The second-order valence-corrected chi connectivity index (χ2v) is 5.00. The molecule has 0 radical (unpaired) electrons. The second-order valence-electron chi connectivity index (χ2n) is 5.00. The molecule has 6 nitrogen and oxygen atoms in total. The third-order valence-electron chi connectivity index (χ3n) is 3.42. The number of hydrogen-bond donors (Lipinski definition) is 0. The third-order valence-corrected chi connectivity index (χ3v) is 3.42. The summed E-state index contributed by atoms with van der Waals surface area (Å²) in [6.45, 7) is 1.24. The number of benzene rings is 1. The Bertz CT molecular complexity index is 607. The largest absolute Gasteiger partial charge is 0.484 e. The van der Waals surface area contributed by atoms with Gasteiger partial charge in [-0.25, -0.2) is 9.97 Å². The molecule has 0 saturated carbocycles. The number of amides is 1. The number of carbonyl (C=O) groups is 1. The van der Waals surface area contributed by atoms with Crippen molar-refractivity contribution in [1.29, 1.82) is 0 Å². The minimum Gasteiger partial charge on any atom is -0.484 e. The van der Waals surface area contributed by atoms with Crippen LogP contribution in [0.25, 0.3) is 0 Å². The summed E-state index contributed by atoms with van der Waals surface area (Å²) in [4.78, 5) is 21.9. The van der Waals surface area contributed by atoms with E-state index in [1.807, 2.05) is 30.3 Å². The summed E-state index contributed by atoms with van der Waals surface area (Å²) in [6, 6.07) is 11.4. The average molecular weight is 299 g/mol. The zero-order chi connectivity index (χ0) is 15.2. The van der Waals surface area contributed by atoms with Gasteiger partial charge in [0.05, 0.1) is 6.54 Å². The zero-order valence-electron chi connectivity index (χ0n) is 12.1. The maximum atomic E-state index is 12.1. The van der Waals surface area contributed by atoms with Gasteiger partial charge >= 0.3 is 6.01 Å². The highest BCUT2D eigenvalue weighted by Gasteiger charge is 2.28. The standard InChI is InChI=1S/C16H17N3O3/c20-15(12-21-13-5-2-1-3-6-13)19-10-7-14(11-19)22-16-17-8-4-9-18-16/h1-6,8-9,14H,7,10-12H2/t14-/m0/s1. The lowest BCUT2D eigenvalue weighted by atomic mass is 10.3. The number of ether oxygens (including phenoxy) is 2. The van der Waals surface area contributed by atoms with Crippen molar-refractivity contribution < 1.29 is 14.3 Å². The minimum atomic E-state index is -0.0666. The highest BCUT2D eigenvalue weighted by atomic mass is 16.5. The molecule has 0 spiro atoms. The van der Waals surface area contributed by atoms with Crippen LogP contribution in [0.3, 0.4) is 0 Å². The smallest absolute Gasteiger partial charge is 0.316 e. The first-order chi connectivity index (χ1) is 10.8. The van der Waals surface area contributed by atoms with Gasteiger partial charge in [-0.2, -0.15) is 0 Å². The molecular formula is C16H17N3O3. The van der Waals surface area contributed by atoms with E-state index in [0.29, 0.717) is 24.8 Å². The van der Waals surface area contributed by atoms with Crippen molar-refractivity contribution in [2.45, 2.75) is 12.5 Å². The number of carbonyl (C=O) groups excluding carboxylic acids is 1. The van der Waals surface area contributed by atoms with Crippen molar-refractivity contribution in [1.82, 2.24) is 14.9 Å². The van der Waals surface area contributed by atoms with Crippen molar-refractivity contribution in [3.05, 3.63) is 48.8 Å². The lowest BCUT2D eigenvalue weighted by Crippen LogP contribution is -2.34. The minimum absolute atomic E-state index is 0.0380. The maximum absolute atomic E-state index is 12.1. The van der Waals surface area contributed by atoms with Crippen LogP contribution in [0.15, 0.2) is 48.8 Å². The van der Waals surface area contributed by atoms with Crippen LogP contribution in [-0.2, 0) is 4.79 Å². The summed E-state index contributed by atoms with van der Waals surface area (Å²) < 4.78 is 11.1. The summed E-state index contributed by atoms with van der Waals surface area (Å²) in [5, 5.41) is 0. The number of aromatic nitrogens is 2. The molecule has 3 rings (SSSR count). The molecule has 1 fully saturated rings. The van der Waals surface area contributed by atoms with Gasteiger partial charge in [0.25, 0.3) is 5.91 Å². The SMILES string of the molecule is O=C(COc1ccccc1)N1CC[C@H](Oc2ncccn2)C1. The Morgan fingerprint density at radius 1 is 1.18 bits per heavy atom. The van der Waals surface area contributed by atoms with Crippen LogP contribution in [0.5, 0.6) is 11.8 Å². The first-order valence-electron chi connectivity index (χ1n) is 7.20. The molecule has 1 amide bonds. The summed E-state index contributed by atoms with van der Waals surface area (Å²) in [7, 11) is 0. The van der Waals surface area contributed by atoms with E-state index in [1.54, 1.807) is 23.4 Å². The number of likely N-dealkylation sites (tertiary alicyclic amines) is 1. The summed E-state index contributed by atoms with van der Waals surface area (Å²) >= 11 is 0. The van der Waals surface area contributed by atoms with Crippen molar-refractivity contribution in [2.24, 2.45) is 0 Å². The molecule has 1 atom stereocenters. The third kappa shape index (κ3) is 3.72. The Labute approximate surface area is 128 Å². The summed E-state index contributed by atoms with van der Waals surface area (Å²) in [5.41, 5.74) is 0. The first-order valence-corrected chi connectivity index (χ1v) is 7.20. The van der Waals surface area contributed by atoms with E-state index in [2.05, 4.69) is 9.97 Å². The molecule has 6 heteroatoms. The van der Waals surface area contributed by atoms with Gasteiger partial charge in [-0.05, 0) is 18.2 Å². The fraction of sp³-hybridized carbons (Fsp3) is 0.312.